The Bertz CT molecular complexity index is 947. The van der Waals surface area contributed by atoms with E-state index in [0.717, 1.165) is 18.5 Å². The third-order valence-corrected chi connectivity index (χ3v) is 12.7. The van der Waals surface area contributed by atoms with Crippen molar-refractivity contribution in [2.24, 2.45) is 0 Å². The maximum Gasteiger partial charge on any atom is 0.500 e. The monoisotopic (exact) mass is 621 g/mol. The third kappa shape index (κ3) is 11.5. The Balaban J connectivity index is 2.31. The molecule has 236 valence electrons. The minimum absolute atomic E-state index is 0.395. The summed E-state index contributed by atoms with van der Waals surface area (Å²) >= 11 is 0. The number of benzene rings is 2. The smallest absolute Gasteiger partial charge is 0.421 e. The van der Waals surface area contributed by atoms with Gasteiger partial charge in [0.05, 0.1) is 11.3 Å². The zero-order chi connectivity index (χ0) is 30.7. The van der Waals surface area contributed by atoms with E-state index in [4.69, 9.17) is 31.3 Å². The Morgan fingerprint density at radius 3 is 1.43 bits per heavy atom. The first-order valence-electron chi connectivity index (χ1n) is 15.4. The van der Waals surface area contributed by atoms with E-state index in [2.05, 4.69) is 4.90 Å². The fourth-order valence-corrected chi connectivity index (χ4v) is 10.1. The second-order valence-corrected chi connectivity index (χ2v) is 14.8. The van der Waals surface area contributed by atoms with E-state index in [9.17, 15) is 4.79 Å². The van der Waals surface area contributed by atoms with Crippen molar-refractivity contribution in [2.45, 2.75) is 66.5 Å². The average Bonchev–Trinajstić information content (AvgIpc) is 2.98. The number of carbonyl (C=O) groups is 1. The van der Waals surface area contributed by atoms with Gasteiger partial charge in [0, 0.05) is 64.8 Å². The number of hydrogen-bond acceptors (Lipinski definition) is 9. The minimum atomic E-state index is -2.81. The number of carbonyl (C=O) groups excluding carboxylic acids is 1. The van der Waals surface area contributed by atoms with Gasteiger partial charge in [-0.15, -0.1) is 0 Å². The molecule has 0 radical (unpaired) electrons. The van der Waals surface area contributed by atoms with Gasteiger partial charge >= 0.3 is 23.6 Å². The van der Waals surface area contributed by atoms with Crippen molar-refractivity contribution in [2.75, 3.05) is 57.6 Å². The number of ether oxygens (including phenoxy) is 1. The summed E-state index contributed by atoms with van der Waals surface area (Å²) in [6.45, 7) is 16.4. The van der Waals surface area contributed by atoms with E-state index in [1.54, 1.807) is 12.1 Å². The molecule has 0 heterocycles. The molecule has 0 N–H and O–H groups in total. The van der Waals surface area contributed by atoms with Crippen LogP contribution in [-0.2, 0) is 26.6 Å². The molecule has 2 aromatic rings. The van der Waals surface area contributed by atoms with Crippen LogP contribution >= 0.6 is 0 Å². The topological polar surface area (TPSA) is 84.9 Å². The predicted octanol–water partition coefficient (Wildman–Crippen LogP) is 6.59. The fourth-order valence-electron chi connectivity index (χ4n) is 4.87. The van der Waals surface area contributed by atoms with Crippen molar-refractivity contribution in [1.82, 2.24) is 0 Å². The average molecular weight is 622 g/mol. The van der Waals surface area contributed by atoms with Crippen LogP contribution < -0.4 is 9.64 Å². The lowest BCUT2D eigenvalue weighted by molar-refractivity contribution is 0.0705. The van der Waals surface area contributed by atoms with Gasteiger partial charge in [0.2, 0.25) is 0 Å². The van der Waals surface area contributed by atoms with Crippen LogP contribution in [0.3, 0.4) is 0 Å². The highest BCUT2D eigenvalue weighted by atomic mass is 28.4. The van der Waals surface area contributed by atoms with Crippen molar-refractivity contribution in [1.29, 1.82) is 0 Å². The zero-order valence-electron chi connectivity index (χ0n) is 26.4. The summed E-state index contributed by atoms with van der Waals surface area (Å²) in [6.07, 6.45) is 1.55. The first-order valence-corrected chi connectivity index (χ1v) is 19.2. The molecule has 0 aliphatic rings. The van der Waals surface area contributed by atoms with Crippen molar-refractivity contribution in [3.05, 3.63) is 60.2 Å². The van der Waals surface area contributed by atoms with Gasteiger partial charge in [0.15, 0.2) is 5.75 Å². The van der Waals surface area contributed by atoms with E-state index in [0.29, 0.717) is 76.1 Å². The molecular weight excluding hydrogens is 571 g/mol. The molecule has 0 saturated heterocycles. The Labute approximate surface area is 255 Å². The van der Waals surface area contributed by atoms with Crippen LogP contribution in [0.1, 0.15) is 64.7 Å². The minimum Gasteiger partial charge on any atom is -0.421 e. The molecule has 0 fully saturated rings. The summed E-state index contributed by atoms with van der Waals surface area (Å²) in [7, 11) is -5.61. The quantitative estimate of drug-likeness (QED) is 0.0775. The van der Waals surface area contributed by atoms with Crippen LogP contribution in [0.4, 0.5) is 5.69 Å². The summed E-state index contributed by atoms with van der Waals surface area (Å²) in [5.74, 6) is 0.117. The van der Waals surface area contributed by atoms with Crippen LogP contribution in [0, 0.1) is 0 Å². The van der Waals surface area contributed by atoms with E-state index in [1.807, 2.05) is 84.0 Å². The van der Waals surface area contributed by atoms with E-state index >= 15 is 0 Å². The van der Waals surface area contributed by atoms with Gasteiger partial charge in [0.1, 0.15) is 0 Å². The lowest BCUT2D eigenvalue weighted by Gasteiger charge is -2.32. The summed E-state index contributed by atoms with van der Waals surface area (Å²) in [5.41, 5.74) is 1.34. The van der Waals surface area contributed by atoms with Crippen molar-refractivity contribution in [3.63, 3.8) is 0 Å². The number of esters is 1. The molecule has 0 unspecified atom stereocenters. The Hall–Kier alpha value is -2.10. The molecule has 0 spiro atoms. The molecule has 11 heteroatoms. The predicted molar refractivity (Wildman–Crippen MR) is 170 cm³/mol. The van der Waals surface area contributed by atoms with E-state index in [1.165, 1.54) is 0 Å². The summed E-state index contributed by atoms with van der Waals surface area (Å²) < 4.78 is 42.5. The summed E-state index contributed by atoms with van der Waals surface area (Å²) in [4.78, 5) is 15.2. The maximum absolute atomic E-state index is 13.0. The largest absolute Gasteiger partial charge is 0.500 e. The first kappa shape index (κ1) is 36.1. The SMILES string of the molecule is CCO[Si](CCCN(CCC[Si](OCC)(OCC)OCC)c1ccccc1OC(=O)c1ccccc1)(OCC)OCC. The molecule has 0 aromatic heterocycles. The molecule has 2 rings (SSSR count). The first-order chi connectivity index (χ1) is 20.4. The molecule has 9 nitrogen and oxygen atoms in total. The number of para-hydroxylation sites is 2. The molecule has 2 aromatic carbocycles. The number of rotatable bonds is 23. The van der Waals surface area contributed by atoms with Crippen LogP contribution in [0.25, 0.3) is 0 Å². The number of hydrogen-bond donors (Lipinski definition) is 0. The highest BCUT2D eigenvalue weighted by Crippen LogP contribution is 2.31. The fraction of sp³-hybridized carbons (Fsp3) is 0.581. The van der Waals surface area contributed by atoms with Crippen LogP contribution in [-0.4, -0.2) is 76.3 Å². The van der Waals surface area contributed by atoms with Crippen molar-refractivity contribution < 1.29 is 36.1 Å². The second kappa shape index (κ2) is 20.0. The number of nitrogens with zero attached hydrogens (tertiary/aromatic N) is 1. The van der Waals surface area contributed by atoms with Gasteiger partial charge in [0.25, 0.3) is 0 Å². The van der Waals surface area contributed by atoms with Crippen LogP contribution in [0.5, 0.6) is 5.75 Å². The molecular formula is C31H51NO8Si2. The van der Waals surface area contributed by atoms with Crippen LogP contribution in [0.2, 0.25) is 12.1 Å². The van der Waals surface area contributed by atoms with Gasteiger partial charge in [-0.2, -0.15) is 0 Å². The van der Waals surface area contributed by atoms with E-state index < -0.39 is 23.6 Å². The maximum atomic E-state index is 13.0. The molecule has 0 bridgehead atoms. The van der Waals surface area contributed by atoms with Crippen molar-refractivity contribution >= 4 is 29.3 Å². The number of anilines is 1. The van der Waals surface area contributed by atoms with Gasteiger partial charge in [-0.25, -0.2) is 4.79 Å². The molecule has 0 saturated carbocycles. The van der Waals surface area contributed by atoms with Crippen molar-refractivity contribution in [3.8, 4) is 5.75 Å². The van der Waals surface area contributed by atoms with Crippen LogP contribution in [0.15, 0.2) is 54.6 Å². The normalized spacial score (nSPS) is 12.0. The van der Waals surface area contributed by atoms with Gasteiger partial charge in [-0.05, 0) is 78.6 Å². The highest BCUT2D eigenvalue weighted by Gasteiger charge is 2.41. The highest BCUT2D eigenvalue weighted by molar-refractivity contribution is 6.61. The van der Waals surface area contributed by atoms with E-state index in [-0.39, 0.29) is 0 Å². The zero-order valence-corrected chi connectivity index (χ0v) is 28.4. The van der Waals surface area contributed by atoms with Gasteiger partial charge in [-0.1, -0.05) is 30.3 Å². The molecule has 0 aliphatic heterocycles. The standard InChI is InChI=1S/C31H51NO8Si2/c1-7-34-41(35-8-2,36-9-3)26-18-24-32(25-19-27-42(37-10-4,38-11-5)39-12-6)29-22-16-17-23-30(29)40-31(33)28-20-14-13-15-21-28/h13-17,20-23H,7-12,18-19,24-27H2,1-6H3. The third-order valence-electron chi connectivity index (χ3n) is 6.43. The molecule has 0 amide bonds. The lowest BCUT2D eigenvalue weighted by Crippen LogP contribution is -2.47. The van der Waals surface area contributed by atoms with Gasteiger partial charge < -0.3 is 36.2 Å². The molecule has 0 atom stereocenters. The second-order valence-electron chi connectivity index (χ2n) is 9.38. The van der Waals surface area contributed by atoms with Gasteiger partial charge in [-0.3, -0.25) is 0 Å². The lowest BCUT2D eigenvalue weighted by atomic mass is 10.2. The molecule has 0 aliphatic carbocycles. The summed E-state index contributed by atoms with van der Waals surface area (Å²) in [6, 6.07) is 18.1. The Morgan fingerprint density at radius 2 is 1.00 bits per heavy atom. The summed E-state index contributed by atoms with van der Waals surface area (Å²) in [5, 5.41) is 0. The Kier molecular flexibility index (Phi) is 17.2. The Morgan fingerprint density at radius 1 is 0.595 bits per heavy atom. The molecule has 42 heavy (non-hydrogen) atoms.